The van der Waals surface area contributed by atoms with Crippen LogP contribution >= 0.6 is 11.3 Å². The monoisotopic (exact) mass is 263 g/mol. The summed E-state index contributed by atoms with van der Waals surface area (Å²) in [4.78, 5) is 21.1. The molecule has 0 bridgehead atoms. The quantitative estimate of drug-likeness (QED) is 0.886. The summed E-state index contributed by atoms with van der Waals surface area (Å²) >= 11 is 1.71. The average Bonchev–Trinajstić information content (AvgIpc) is 2.67. The molecule has 0 fully saturated rings. The third-order valence-corrected chi connectivity index (χ3v) is 3.66. The third-order valence-electron chi connectivity index (χ3n) is 2.51. The van der Waals surface area contributed by atoms with Gasteiger partial charge >= 0.3 is 5.97 Å². The number of carboxylic acids is 1. The van der Waals surface area contributed by atoms with Crippen molar-refractivity contribution in [2.45, 2.75) is 20.4 Å². The molecule has 0 radical (unpaired) electrons. The summed E-state index contributed by atoms with van der Waals surface area (Å²) in [6, 6.07) is 3.47. The molecule has 0 aliphatic carbocycles. The zero-order chi connectivity index (χ0) is 13.1. The lowest BCUT2D eigenvalue weighted by Crippen LogP contribution is -2.07. The predicted molar refractivity (Wildman–Crippen MR) is 70.1 cm³/mol. The summed E-state index contributed by atoms with van der Waals surface area (Å²) in [5, 5.41) is 11.8. The smallest absolute Gasteiger partial charge is 0.354 e. The number of nitrogens with zero attached hydrogens (tertiary/aromatic N) is 2. The van der Waals surface area contributed by atoms with Crippen LogP contribution in [0.2, 0.25) is 0 Å². The Bertz CT molecular complexity index is 561. The Labute approximate surface area is 109 Å². The van der Waals surface area contributed by atoms with Gasteiger partial charge in [-0.1, -0.05) is 0 Å². The summed E-state index contributed by atoms with van der Waals surface area (Å²) in [6.45, 7) is 4.74. The highest BCUT2D eigenvalue weighted by Crippen LogP contribution is 2.21. The molecule has 5 nitrogen and oxygen atoms in total. The summed E-state index contributed by atoms with van der Waals surface area (Å²) < 4.78 is 0. The summed E-state index contributed by atoms with van der Waals surface area (Å²) in [5.74, 6) is -0.720. The van der Waals surface area contributed by atoms with E-state index in [1.165, 1.54) is 27.6 Å². The zero-order valence-electron chi connectivity index (χ0n) is 10.1. The molecule has 0 aliphatic rings. The SMILES string of the molecule is Cc1cc(CNc2nccc(C(=O)O)n2)sc1C. The average molecular weight is 263 g/mol. The van der Waals surface area contributed by atoms with E-state index in [0.717, 1.165) is 0 Å². The van der Waals surface area contributed by atoms with E-state index in [9.17, 15) is 4.79 Å². The van der Waals surface area contributed by atoms with Crippen molar-refractivity contribution in [1.82, 2.24) is 9.97 Å². The number of aromatic nitrogens is 2. The Morgan fingerprint density at radius 1 is 1.50 bits per heavy atom. The normalized spacial score (nSPS) is 10.3. The Morgan fingerprint density at radius 3 is 2.89 bits per heavy atom. The molecule has 0 amide bonds. The van der Waals surface area contributed by atoms with Crippen molar-refractivity contribution in [3.63, 3.8) is 0 Å². The van der Waals surface area contributed by atoms with Crippen LogP contribution in [0.25, 0.3) is 0 Å². The molecule has 2 heterocycles. The second kappa shape index (κ2) is 5.14. The van der Waals surface area contributed by atoms with Crippen molar-refractivity contribution < 1.29 is 9.90 Å². The molecule has 6 heteroatoms. The van der Waals surface area contributed by atoms with Gasteiger partial charge in [0.25, 0.3) is 0 Å². The van der Waals surface area contributed by atoms with Gasteiger partial charge in [0.2, 0.25) is 5.95 Å². The Kier molecular flexibility index (Phi) is 3.57. The fraction of sp³-hybridized carbons (Fsp3) is 0.250. The van der Waals surface area contributed by atoms with Gasteiger partial charge in [0.1, 0.15) is 0 Å². The maximum atomic E-state index is 10.8. The van der Waals surface area contributed by atoms with Crippen LogP contribution in [-0.2, 0) is 6.54 Å². The first-order chi connectivity index (χ1) is 8.56. The lowest BCUT2D eigenvalue weighted by atomic mass is 10.3. The van der Waals surface area contributed by atoms with Gasteiger partial charge in [-0.3, -0.25) is 0 Å². The second-order valence-electron chi connectivity index (χ2n) is 3.88. The first-order valence-corrected chi connectivity index (χ1v) is 6.24. The topological polar surface area (TPSA) is 75.1 Å². The van der Waals surface area contributed by atoms with E-state index in [1.54, 1.807) is 11.3 Å². The Morgan fingerprint density at radius 2 is 2.28 bits per heavy atom. The number of hydrogen-bond donors (Lipinski definition) is 2. The van der Waals surface area contributed by atoms with Crippen molar-refractivity contribution in [2.24, 2.45) is 0 Å². The fourth-order valence-electron chi connectivity index (χ4n) is 1.47. The van der Waals surface area contributed by atoms with Gasteiger partial charge < -0.3 is 10.4 Å². The van der Waals surface area contributed by atoms with Crippen LogP contribution in [0.5, 0.6) is 0 Å². The van der Waals surface area contributed by atoms with Crippen molar-refractivity contribution in [3.8, 4) is 0 Å². The van der Waals surface area contributed by atoms with Crippen LogP contribution in [0, 0.1) is 13.8 Å². The molecule has 0 saturated carbocycles. The minimum atomic E-state index is -1.05. The first-order valence-electron chi connectivity index (χ1n) is 5.42. The van der Waals surface area contributed by atoms with Gasteiger partial charge in [-0.25, -0.2) is 14.8 Å². The number of hydrogen-bond acceptors (Lipinski definition) is 5. The number of anilines is 1. The van der Waals surface area contributed by atoms with Crippen LogP contribution < -0.4 is 5.32 Å². The minimum absolute atomic E-state index is 0.00830. The number of carbonyl (C=O) groups is 1. The molecule has 2 aromatic heterocycles. The largest absolute Gasteiger partial charge is 0.477 e. The summed E-state index contributed by atoms with van der Waals surface area (Å²) in [6.07, 6.45) is 1.43. The van der Waals surface area contributed by atoms with E-state index in [4.69, 9.17) is 5.11 Å². The fourth-order valence-corrected chi connectivity index (χ4v) is 2.46. The maximum Gasteiger partial charge on any atom is 0.354 e. The van der Waals surface area contributed by atoms with E-state index in [-0.39, 0.29) is 5.69 Å². The van der Waals surface area contributed by atoms with Crippen molar-refractivity contribution in [2.75, 3.05) is 5.32 Å². The number of aryl methyl sites for hydroxylation is 2. The molecule has 2 aromatic rings. The van der Waals surface area contributed by atoms with Crippen molar-refractivity contribution >= 4 is 23.3 Å². The minimum Gasteiger partial charge on any atom is -0.477 e. The first kappa shape index (κ1) is 12.5. The van der Waals surface area contributed by atoms with E-state index in [0.29, 0.717) is 12.5 Å². The number of rotatable bonds is 4. The lowest BCUT2D eigenvalue weighted by molar-refractivity contribution is 0.0690. The van der Waals surface area contributed by atoms with Crippen molar-refractivity contribution in [1.29, 1.82) is 0 Å². The Hall–Kier alpha value is -1.95. The number of carboxylic acid groups (broad SMARTS) is 1. The molecule has 18 heavy (non-hydrogen) atoms. The molecule has 94 valence electrons. The van der Waals surface area contributed by atoms with E-state index in [2.05, 4.69) is 35.2 Å². The second-order valence-corrected chi connectivity index (χ2v) is 5.22. The highest BCUT2D eigenvalue weighted by atomic mass is 32.1. The maximum absolute atomic E-state index is 10.8. The van der Waals surface area contributed by atoms with Crippen molar-refractivity contribution in [3.05, 3.63) is 39.3 Å². The van der Waals surface area contributed by atoms with Gasteiger partial charge in [0, 0.05) is 16.0 Å². The van der Waals surface area contributed by atoms with Gasteiger partial charge in [0.15, 0.2) is 5.69 Å². The molecule has 2 N–H and O–H groups in total. The predicted octanol–water partition coefficient (Wildman–Crippen LogP) is 2.47. The van der Waals surface area contributed by atoms with E-state index in [1.807, 2.05) is 0 Å². The highest BCUT2D eigenvalue weighted by Gasteiger charge is 2.06. The van der Waals surface area contributed by atoms with E-state index >= 15 is 0 Å². The van der Waals surface area contributed by atoms with Gasteiger partial charge in [-0.2, -0.15) is 0 Å². The van der Waals surface area contributed by atoms with Crippen LogP contribution in [-0.4, -0.2) is 21.0 Å². The molecule has 0 atom stereocenters. The standard InChI is InChI=1S/C12H13N3O2S/c1-7-5-9(18-8(7)2)6-14-12-13-4-3-10(15-12)11(16)17/h3-5H,6H2,1-2H3,(H,16,17)(H,13,14,15). The number of thiophene rings is 1. The number of aromatic carboxylic acids is 1. The number of nitrogens with one attached hydrogen (secondary N) is 1. The van der Waals surface area contributed by atoms with Crippen LogP contribution in [0.1, 0.15) is 25.8 Å². The molecular weight excluding hydrogens is 250 g/mol. The molecule has 0 aliphatic heterocycles. The molecular formula is C12H13N3O2S. The van der Waals surface area contributed by atoms with Gasteiger partial charge in [0.05, 0.1) is 6.54 Å². The van der Waals surface area contributed by atoms with Gasteiger partial charge in [-0.15, -0.1) is 11.3 Å². The molecule has 0 saturated heterocycles. The van der Waals surface area contributed by atoms with E-state index < -0.39 is 5.97 Å². The molecule has 0 spiro atoms. The summed E-state index contributed by atoms with van der Waals surface area (Å²) in [5.41, 5.74) is 1.25. The van der Waals surface area contributed by atoms with Gasteiger partial charge in [-0.05, 0) is 31.5 Å². The van der Waals surface area contributed by atoms with Crippen LogP contribution in [0.3, 0.4) is 0 Å². The highest BCUT2D eigenvalue weighted by molar-refractivity contribution is 7.12. The zero-order valence-corrected chi connectivity index (χ0v) is 10.9. The molecule has 0 aromatic carbocycles. The van der Waals surface area contributed by atoms with Crippen LogP contribution in [0.15, 0.2) is 18.3 Å². The lowest BCUT2D eigenvalue weighted by Gasteiger charge is -2.03. The molecule has 0 unspecified atom stereocenters. The molecule has 2 rings (SSSR count). The third kappa shape index (κ3) is 2.84. The van der Waals surface area contributed by atoms with Crippen LogP contribution in [0.4, 0.5) is 5.95 Å². The Balaban J connectivity index is 2.06. The summed E-state index contributed by atoms with van der Waals surface area (Å²) in [7, 11) is 0.